The predicted molar refractivity (Wildman–Crippen MR) is 115 cm³/mol. The molecule has 3 nitrogen and oxygen atoms in total. The number of halogens is 1. The molecule has 0 bridgehead atoms. The van der Waals surface area contributed by atoms with Crippen LogP contribution in [0.5, 0.6) is 0 Å². The Morgan fingerprint density at radius 3 is 2.23 bits per heavy atom. The fourth-order valence-corrected chi connectivity index (χ4v) is 3.33. The smallest absolute Gasteiger partial charge is 0.218 e. The number of rotatable bonds is 3. The number of nitrogens with zero attached hydrogens (tertiary/aromatic N) is 2. The van der Waals surface area contributed by atoms with E-state index in [9.17, 15) is 4.79 Å². The molecule has 4 aromatic rings. The Morgan fingerprint density at radius 1 is 0.808 bits per heavy atom. The van der Waals surface area contributed by atoms with E-state index >= 15 is 0 Å². The van der Waals surface area contributed by atoms with Crippen LogP contribution in [0.15, 0.2) is 83.7 Å². The fourth-order valence-electron chi connectivity index (χ4n) is 2.87. The van der Waals surface area contributed by atoms with Crippen LogP contribution in [0.4, 0.5) is 0 Å². The van der Waals surface area contributed by atoms with Gasteiger partial charge in [0.15, 0.2) is 0 Å². The van der Waals surface area contributed by atoms with E-state index in [4.69, 9.17) is 5.10 Å². The molecule has 0 aliphatic heterocycles. The van der Waals surface area contributed by atoms with Crippen LogP contribution in [0.3, 0.4) is 0 Å². The molecular weight excluding hydrogens is 435 g/mol. The summed E-state index contributed by atoms with van der Waals surface area (Å²) in [4.78, 5) is 12.9. The highest BCUT2D eigenvalue weighted by Gasteiger charge is 2.13. The number of hydrogen-bond acceptors (Lipinski definition) is 2. The van der Waals surface area contributed by atoms with Crippen LogP contribution in [-0.4, -0.2) is 9.78 Å². The molecule has 0 aliphatic carbocycles. The van der Waals surface area contributed by atoms with Gasteiger partial charge in [-0.25, -0.2) is 4.68 Å². The Morgan fingerprint density at radius 2 is 1.50 bits per heavy atom. The second kappa shape index (κ2) is 7.25. The topological polar surface area (TPSA) is 34.9 Å². The number of hydrogen-bond donors (Lipinski definition) is 0. The van der Waals surface area contributed by atoms with E-state index in [0.717, 1.165) is 22.3 Å². The van der Waals surface area contributed by atoms with Crippen molar-refractivity contribution in [1.82, 2.24) is 9.78 Å². The third-order valence-corrected chi connectivity index (χ3v) is 4.97. The molecule has 0 amide bonds. The molecule has 0 aliphatic rings. The minimum Gasteiger partial charge on any atom is -0.286 e. The first-order valence-electron chi connectivity index (χ1n) is 8.24. The van der Waals surface area contributed by atoms with Crippen molar-refractivity contribution in [3.63, 3.8) is 0 Å². The van der Waals surface area contributed by atoms with Gasteiger partial charge in [0.2, 0.25) is 5.43 Å². The lowest BCUT2D eigenvalue weighted by Gasteiger charge is -2.01. The van der Waals surface area contributed by atoms with Crippen molar-refractivity contribution >= 4 is 45.6 Å². The van der Waals surface area contributed by atoms with Gasteiger partial charge in [0.25, 0.3) is 0 Å². The molecular formula is C22H15IN2O. The number of aromatic nitrogens is 2. The van der Waals surface area contributed by atoms with E-state index in [0.29, 0.717) is 9.09 Å². The zero-order chi connectivity index (χ0) is 17.9. The maximum absolute atomic E-state index is 12.9. The first kappa shape index (κ1) is 16.7. The van der Waals surface area contributed by atoms with Gasteiger partial charge in [0.05, 0.1) is 15.0 Å². The molecule has 4 rings (SSSR count). The number of para-hydroxylation sites is 1. The van der Waals surface area contributed by atoms with Crippen molar-refractivity contribution in [2.45, 2.75) is 0 Å². The van der Waals surface area contributed by atoms with E-state index in [1.54, 1.807) is 4.68 Å². The molecule has 126 valence electrons. The Kier molecular flexibility index (Phi) is 4.67. The second-order valence-corrected chi connectivity index (χ2v) is 7.00. The van der Waals surface area contributed by atoms with Gasteiger partial charge in [-0.3, -0.25) is 4.79 Å². The molecule has 1 aromatic heterocycles. The second-order valence-electron chi connectivity index (χ2n) is 5.84. The van der Waals surface area contributed by atoms with Crippen molar-refractivity contribution in [2.24, 2.45) is 0 Å². The van der Waals surface area contributed by atoms with E-state index in [1.165, 1.54) is 0 Å². The van der Waals surface area contributed by atoms with Gasteiger partial charge in [0, 0.05) is 5.39 Å². The molecule has 4 heteroatoms. The first-order chi connectivity index (χ1) is 12.7. The molecule has 0 saturated heterocycles. The molecule has 3 aromatic carbocycles. The quantitative estimate of drug-likeness (QED) is 0.404. The molecule has 1 heterocycles. The van der Waals surface area contributed by atoms with Gasteiger partial charge in [-0.15, -0.1) is 0 Å². The van der Waals surface area contributed by atoms with Crippen LogP contribution in [0.1, 0.15) is 11.3 Å². The minimum atomic E-state index is -0.0127. The van der Waals surface area contributed by atoms with Crippen molar-refractivity contribution in [3.8, 4) is 5.69 Å². The molecule has 0 radical (unpaired) electrons. The highest BCUT2D eigenvalue weighted by atomic mass is 127. The third-order valence-electron chi connectivity index (χ3n) is 4.12. The van der Waals surface area contributed by atoms with Gasteiger partial charge >= 0.3 is 0 Å². The summed E-state index contributed by atoms with van der Waals surface area (Å²) in [5, 5.41) is 5.57. The highest BCUT2D eigenvalue weighted by Crippen LogP contribution is 2.21. The van der Waals surface area contributed by atoms with Crippen molar-refractivity contribution in [3.05, 3.63) is 104 Å². The maximum atomic E-state index is 12.9. The maximum Gasteiger partial charge on any atom is 0.218 e. The molecule has 0 spiro atoms. The molecule has 26 heavy (non-hydrogen) atoms. The zero-order valence-electron chi connectivity index (χ0n) is 13.8. The Labute approximate surface area is 164 Å². The number of fused-ring (bicyclic) bond motifs is 1. The Balaban J connectivity index is 1.98. The van der Waals surface area contributed by atoms with E-state index in [2.05, 4.69) is 22.6 Å². The fraction of sp³-hybridized carbons (Fsp3) is 0. The van der Waals surface area contributed by atoms with Crippen molar-refractivity contribution in [1.29, 1.82) is 0 Å². The summed E-state index contributed by atoms with van der Waals surface area (Å²) in [6.07, 6.45) is 3.98. The molecule has 0 fully saturated rings. The normalized spacial score (nSPS) is 11.3. The van der Waals surface area contributed by atoms with Crippen LogP contribution in [0, 0.1) is 3.57 Å². The summed E-state index contributed by atoms with van der Waals surface area (Å²) in [7, 11) is 0. The summed E-state index contributed by atoms with van der Waals surface area (Å²) in [6, 6.07) is 25.5. The third kappa shape index (κ3) is 3.20. The summed E-state index contributed by atoms with van der Waals surface area (Å²) in [6.45, 7) is 0. The van der Waals surface area contributed by atoms with Crippen LogP contribution in [0.25, 0.3) is 28.7 Å². The van der Waals surface area contributed by atoms with Crippen LogP contribution in [0.2, 0.25) is 0 Å². The van der Waals surface area contributed by atoms with Crippen molar-refractivity contribution in [2.75, 3.05) is 0 Å². The molecule has 0 saturated carbocycles. The Hall–Kier alpha value is -2.73. The van der Waals surface area contributed by atoms with Crippen LogP contribution < -0.4 is 5.43 Å². The summed E-state index contributed by atoms with van der Waals surface area (Å²) >= 11 is 2.08. The molecule has 0 N–H and O–H groups in total. The lowest BCUT2D eigenvalue weighted by Crippen LogP contribution is -2.08. The number of benzene rings is 2. The van der Waals surface area contributed by atoms with Gasteiger partial charge < -0.3 is 0 Å². The monoisotopic (exact) mass is 450 g/mol. The van der Waals surface area contributed by atoms with Gasteiger partial charge in [-0.05, 0) is 52.4 Å². The average molecular weight is 450 g/mol. The van der Waals surface area contributed by atoms with Gasteiger partial charge in [0.1, 0.15) is 5.52 Å². The Bertz CT molecular complexity index is 1150. The SMILES string of the molecule is O=c1c(I)cccc2c(/C=C/c3ccccc3)nn(-c3ccccc3)c12. The van der Waals surface area contributed by atoms with Gasteiger partial charge in [-0.1, -0.05) is 66.7 Å². The predicted octanol–water partition coefficient (Wildman–Crippen LogP) is 5.16. The lowest BCUT2D eigenvalue weighted by molar-refractivity contribution is 0.902. The largest absolute Gasteiger partial charge is 0.286 e. The standard InChI is InChI=1S/C22H15IN2O/c23-19-13-7-12-18-20(15-14-16-8-3-1-4-9-16)24-25(21(18)22(19)26)17-10-5-2-6-11-17/h1-15H/b15-14+. The van der Waals surface area contributed by atoms with E-state index < -0.39 is 0 Å². The van der Waals surface area contributed by atoms with E-state index in [-0.39, 0.29) is 5.43 Å². The van der Waals surface area contributed by atoms with Crippen molar-refractivity contribution < 1.29 is 0 Å². The minimum absolute atomic E-state index is 0.0127. The van der Waals surface area contributed by atoms with Crippen LogP contribution >= 0.6 is 22.6 Å². The molecule has 0 unspecified atom stereocenters. The average Bonchev–Trinajstić information content (AvgIpc) is 2.98. The summed E-state index contributed by atoms with van der Waals surface area (Å²) in [5.41, 5.74) is 3.32. The summed E-state index contributed by atoms with van der Waals surface area (Å²) in [5.74, 6) is 0. The zero-order valence-corrected chi connectivity index (χ0v) is 16.0. The highest BCUT2D eigenvalue weighted by molar-refractivity contribution is 14.1. The van der Waals surface area contributed by atoms with Gasteiger partial charge in [-0.2, -0.15) is 5.10 Å². The summed E-state index contributed by atoms with van der Waals surface area (Å²) < 4.78 is 2.41. The van der Waals surface area contributed by atoms with E-state index in [1.807, 2.05) is 91.0 Å². The van der Waals surface area contributed by atoms with Crippen LogP contribution in [-0.2, 0) is 0 Å². The first-order valence-corrected chi connectivity index (χ1v) is 9.32. The lowest BCUT2D eigenvalue weighted by atomic mass is 10.2. The molecule has 0 atom stereocenters.